The lowest BCUT2D eigenvalue weighted by molar-refractivity contribution is -0.525. The number of esters is 1. The number of carbonyl (C=O) groups excluding carboxylic acids is 1. The van der Waals surface area contributed by atoms with Crippen molar-refractivity contribution in [3.63, 3.8) is 0 Å². The Kier molecular flexibility index (Phi) is 7.72. The molecular weight excluding hydrogens is 302 g/mol. The van der Waals surface area contributed by atoms with E-state index in [9.17, 15) is 14.9 Å². The third kappa shape index (κ3) is 5.63. The number of anilines is 1. The molecule has 0 bridgehead atoms. The highest BCUT2D eigenvalue weighted by atomic mass is 35.5. The molecule has 0 spiro atoms. The van der Waals surface area contributed by atoms with Crippen LogP contribution in [0.5, 0.6) is 0 Å². The van der Waals surface area contributed by atoms with Crippen LogP contribution in [0.2, 0.25) is 0 Å². The summed E-state index contributed by atoms with van der Waals surface area (Å²) in [7, 11) is 1.28. The highest BCUT2D eigenvalue weighted by Gasteiger charge is 2.19. The van der Waals surface area contributed by atoms with Gasteiger partial charge in [0.05, 0.1) is 13.0 Å². The molecule has 0 amide bonds. The van der Waals surface area contributed by atoms with E-state index in [1.165, 1.54) is 7.11 Å². The van der Waals surface area contributed by atoms with E-state index >= 15 is 0 Å². The van der Waals surface area contributed by atoms with Gasteiger partial charge in [0.25, 0.3) is 5.96 Å². The topological polar surface area (TPSA) is 143 Å². The van der Waals surface area contributed by atoms with E-state index in [2.05, 4.69) is 10.1 Å². The Morgan fingerprint density at radius 2 is 2.05 bits per heavy atom. The van der Waals surface area contributed by atoms with Crippen LogP contribution < -0.4 is 16.5 Å². The van der Waals surface area contributed by atoms with Crippen molar-refractivity contribution in [1.29, 1.82) is 5.41 Å². The van der Waals surface area contributed by atoms with Crippen molar-refractivity contribution >= 4 is 30.0 Å². The Bertz CT molecular complexity index is 508. The first-order valence-electron chi connectivity index (χ1n) is 5.62. The molecule has 0 saturated heterocycles. The summed E-state index contributed by atoms with van der Waals surface area (Å²) in [6, 6.07) is 6.43. The van der Waals surface area contributed by atoms with Gasteiger partial charge in [-0.15, -0.1) is 12.4 Å². The molecule has 0 aliphatic heterocycles. The molecular formula is C11H16ClN5O4. The molecule has 1 aromatic rings. The molecule has 0 aliphatic rings. The predicted molar refractivity (Wildman–Crippen MR) is 79.0 cm³/mol. The fourth-order valence-electron chi connectivity index (χ4n) is 1.57. The second-order valence-electron chi connectivity index (χ2n) is 3.80. The molecule has 0 radical (unpaired) electrons. The number of benzene rings is 1. The van der Waals surface area contributed by atoms with Crippen LogP contribution in [0.3, 0.4) is 0 Å². The highest BCUT2D eigenvalue weighted by molar-refractivity contribution is 5.90. The third-order valence-electron chi connectivity index (χ3n) is 2.51. The molecule has 116 valence electrons. The van der Waals surface area contributed by atoms with Gasteiger partial charge in [0.1, 0.15) is 0 Å². The average Bonchev–Trinajstić information content (AvgIpc) is 2.40. The minimum Gasteiger partial charge on any atom is -0.469 e. The van der Waals surface area contributed by atoms with Crippen molar-refractivity contribution in [3.05, 3.63) is 39.9 Å². The molecule has 1 aromatic carbocycles. The van der Waals surface area contributed by atoms with Crippen LogP contribution in [0.1, 0.15) is 11.5 Å². The van der Waals surface area contributed by atoms with Crippen LogP contribution in [0, 0.1) is 15.5 Å². The van der Waals surface area contributed by atoms with Crippen LogP contribution in [-0.4, -0.2) is 30.6 Å². The lowest BCUT2D eigenvalue weighted by Gasteiger charge is -2.13. The number of halogens is 1. The number of carbonyl (C=O) groups is 1. The van der Waals surface area contributed by atoms with E-state index in [4.69, 9.17) is 11.1 Å². The number of methoxy groups -OCH3 is 1. The molecule has 9 nitrogen and oxygen atoms in total. The zero-order valence-corrected chi connectivity index (χ0v) is 12.0. The fourth-order valence-corrected chi connectivity index (χ4v) is 1.57. The van der Waals surface area contributed by atoms with Gasteiger partial charge in [-0.05, 0) is 17.7 Å². The number of ether oxygens (including phenoxy) is 1. The zero-order valence-electron chi connectivity index (χ0n) is 11.2. The summed E-state index contributed by atoms with van der Waals surface area (Å²) in [5.41, 5.74) is 8.32. The van der Waals surface area contributed by atoms with E-state index in [1.807, 2.05) is 0 Å². The molecule has 0 saturated carbocycles. The van der Waals surface area contributed by atoms with Crippen LogP contribution >= 0.6 is 12.4 Å². The number of nitro groups is 1. The largest absolute Gasteiger partial charge is 0.469 e. The van der Waals surface area contributed by atoms with Crippen molar-refractivity contribution in [3.8, 4) is 0 Å². The summed E-state index contributed by atoms with van der Waals surface area (Å²) in [6.45, 7) is 0.109. The van der Waals surface area contributed by atoms with Gasteiger partial charge in [0, 0.05) is 12.2 Å². The number of hydrogen-bond acceptors (Lipinski definition) is 6. The van der Waals surface area contributed by atoms with Crippen molar-refractivity contribution in [2.75, 3.05) is 19.0 Å². The van der Waals surface area contributed by atoms with Gasteiger partial charge in [-0.3, -0.25) is 10.2 Å². The second-order valence-corrected chi connectivity index (χ2v) is 3.80. The molecule has 5 N–H and O–H groups in total. The fraction of sp³-hybridized carbons (Fsp3) is 0.273. The molecule has 0 fully saturated rings. The number of guanidine groups is 1. The van der Waals surface area contributed by atoms with E-state index < -0.39 is 22.9 Å². The normalized spacial score (nSPS) is 10.8. The molecule has 1 atom stereocenters. The van der Waals surface area contributed by atoms with Gasteiger partial charge in [-0.2, -0.15) is 0 Å². The maximum absolute atomic E-state index is 11.5. The second kappa shape index (κ2) is 8.72. The van der Waals surface area contributed by atoms with Crippen molar-refractivity contribution in [2.45, 2.75) is 5.92 Å². The summed E-state index contributed by atoms with van der Waals surface area (Å²) in [4.78, 5) is 21.6. The summed E-state index contributed by atoms with van der Waals surface area (Å²) < 4.78 is 4.64. The predicted octanol–water partition coefficient (Wildman–Crippen LogP) is 0.452. The maximum Gasteiger partial charge on any atom is 0.314 e. The molecule has 1 rings (SSSR count). The van der Waals surface area contributed by atoms with Gasteiger partial charge in [-0.25, -0.2) is 10.1 Å². The number of nitrogens with two attached hydrogens (primary N) is 1. The molecule has 10 heteroatoms. The Balaban J connectivity index is 0.00000400. The number of hydrazine groups is 1. The van der Waals surface area contributed by atoms with E-state index in [1.54, 1.807) is 29.7 Å². The quantitative estimate of drug-likeness (QED) is 0.203. The van der Waals surface area contributed by atoms with Gasteiger partial charge < -0.3 is 15.8 Å². The van der Waals surface area contributed by atoms with Crippen LogP contribution in [0.25, 0.3) is 0 Å². The van der Waals surface area contributed by atoms with Crippen LogP contribution in [-0.2, 0) is 9.53 Å². The minimum absolute atomic E-state index is 0. The van der Waals surface area contributed by atoms with Gasteiger partial charge in [0.15, 0.2) is 5.03 Å². The first-order chi connectivity index (χ1) is 9.47. The minimum atomic E-state index is -0.842. The Morgan fingerprint density at radius 3 is 2.48 bits per heavy atom. The monoisotopic (exact) mass is 317 g/mol. The molecule has 0 heterocycles. The molecule has 0 aromatic heterocycles. The maximum atomic E-state index is 11.5. The average molecular weight is 318 g/mol. The van der Waals surface area contributed by atoms with Crippen molar-refractivity contribution < 1.29 is 14.6 Å². The van der Waals surface area contributed by atoms with Crippen molar-refractivity contribution in [1.82, 2.24) is 5.43 Å². The SMILES string of the molecule is COC(=O)C(CN)c1ccc(NC(=N)N[N+](=O)[O-])cc1.Cl. The van der Waals surface area contributed by atoms with Crippen LogP contribution in [0.15, 0.2) is 24.3 Å². The van der Waals surface area contributed by atoms with E-state index in [-0.39, 0.29) is 19.0 Å². The van der Waals surface area contributed by atoms with Gasteiger partial charge in [-0.1, -0.05) is 17.6 Å². The first kappa shape index (κ1) is 18.6. The summed E-state index contributed by atoms with van der Waals surface area (Å²) in [5, 5.41) is 19.1. The van der Waals surface area contributed by atoms with E-state index in [0.717, 1.165) is 0 Å². The standard InChI is InChI=1S/C11H15N5O4.ClH/c1-20-10(17)9(6-12)7-2-4-8(5-3-7)14-11(13)15-16(18)19;/h2-5,9H,6,12H2,1H3,(H3,13,14,15);1H. The van der Waals surface area contributed by atoms with Crippen LogP contribution in [0.4, 0.5) is 5.69 Å². The summed E-state index contributed by atoms with van der Waals surface area (Å²) in [6.07, 6.45) is 0. The van der Waals surface area contributed by atoms with Gasteiger partial charge >= 0.3 is 5.97 Å². The third-order valence-corrected chi connectivity index (χ3v) is 2.51. The van der Waals surface area contributed by atoms with Gasteiger partial charge in [0.2, 0.25) is 0 Å². The smallest absolute Gasteiger partial charge is 0.314 e. The molecule has 0 aliphatic carbocycles. The Morgan fingerprint density at radius 1 is 1.48 bits per heavy atom. The first-order valence-corrected chi connectivity index (χ1v) is 5.62. The highest BCUT2D eigenvalue weighted by Crippen LogP contribution is 2.18. The summed E-state index contributed by atoms with van der Waals surface area (Å²) in [5.74, 6) is -1.47. The Hall–Kier alpha value is -2.39. The number of hydrogen-bond donors (Lipinski definition) is 4. The number of nitrogens with one attached hydrogen (secondary N) is 3. The zero-order chi connectivity index (χ0) is 15.1. The van der Waals surface area contributed by atoms with E-state index in [0.29, 0.717) is 11.3 Å². The summed E-state index contributed by atoms with van der Waals surface area (Å²) >= 11 is 0. The Labute approximate surface area is 126 Å². The molecule has 1 unspecified atom stereocenters. The number of nitrogens with zero attached hydrogens (tertiary/aromatic N) is 1. The number of rotatable bonds is 5. The lowest BCUT2D eigenvalue weighted by Crippen LogP contribution is -2.34. The molecule has 21 heavy (non-hydrogen) atoms. The lowest BCUT2D eigenvalue weighted by atomic mass is 9.99. The van der Waals surface area contributed by atoms with Crippen molar-refractivity contribution in [2.24, 2.45) is 5.73 Å².